The molecule has 3 heteroatoms. The van der Waals surface area contributed by atoms with Crippen LogP contribution in [0.15, 0.2) is 17.1 Å². The molecule has 1 aromatic rings. The number of unbranched alkanes of at least 4 members (excludes halogenated alkanes) is 6. The van der Waals surface area contributed by atoms with E-state index in [1.807, 2.05) is 6.92 Å². The number of pyridine rings is 1. The molecule has 0 bridgehead atoms. The van der Waals surface area contributed by atoms with Gasteiger partial charge in [-0.1, -0.05) is 45.4 Å². The van der Waals surface area contributed by atoms with Crippen LogP contribution in [0.5, 0.6) is 0 Å². The van der Waals surface area contributed by atoms with E-state index in [-0.39, 0.29) is 5.56 Å². The second-order valence-electron chi connectivity index (χ2n) is 5.06. The topological polar surface area (TPSA) is 48.0 Å². The Hall–Kier alpha value is -1.25. The fraction of sp³-hybridized carbons (Fsp3) is 0.667. The van der Waals surface area contributed by atoms with Crippen molar-refractivity contribution in [2.75, 3.05) is 5.73 Å². The number of nitrogen functional groups attached to an aromatic ring is 1. The first-order chi connectivity index (χ1) is 8.65. The number of nitrogens with zero attached hydrogens (tertiary/aromatic N) is 1. The summed E-state index contributed by atoms with van der Waals surface area (Å²) in [6, 6.07) is 1.62. The molecule has 0 aliphatic carbocycles. The minimum absolute atomic E-state index is 0.0627. The molecule has 102 valence electrons. The highest BCUT2D eigenvalue weighted by Gasteiger charge is 2.00. The first kappa shape index (κ1) is 14.8. The van der Waals surface area contributed by atoms with E-state index in [1.54, 1.807) is 16.8 Å². The maximum atomic E-state index is 11.7. The minimum atomic E-state index is 0.0627. The van der Waals surface area contributed by atoms with E-state index < -0.39 is 0 Å². The molecule has 0 saturated heterocycles. The molecule has 0 aliphatic rings. The van der Waals surface area contributed by atoms with Crippen LogP contribution in [0.1, 0.15) is 57.4 Å². The molecule has 3 nitrogen and oxygen atoms in total. The fourth-order valence-corrected chi connectivity index (χ4v) is 2.10. The maximum absolute atomic E-state index is 11.7. The van der Waals surface area contributed by atoms with Gasteiger partial charge in [0, 0.05) is 18.8 Å². The van der Waals surface area contributed by atoms with Crippen LogP contribution in [0.4, 0.5) is 5.69 Å². The summed E-state index contributed by atoms with van der Waals surface area (Å²) in [5.41, 5.74) is 7.45. The average Bonchev–Trinajstić information content (AvgIpc) is 2.34. The lowest BCUT2D eigenvalue weighted by Crippen LogP contribution is -2.20. The van der Waals surface area contributed by atoms with Gasteiger partial charge in [0.15, 0.2) is 0 Å². The van der Waals surface area contributed by atoms with Gasteiger partial charge in [0.05, 0.1) is 5.69 Å². The Labute approximate surface area is 110 Å². The molecule has 0 atom stereocenters. The van der Waals surface area contributed by atoms with E-state index in [1.165, 1.54) is 38.5 Å². The lowest BCUT2D eigenvalue weighted by Gasteiger charge is -2.08. The SMILES string of the molecule is CCCCCCCCCn1cc(N)c(C)cc1=O. The normalized spacial score (nSPS) is 10.8. The molecule has 18 heavy (non-hydrogen) atoms. The molecule has 0 aliphatic heterocycles. The highest BCUT2D eigenvalue weighted by Crippen LogP contribution is 2.09. The third-order valence-electron chi connectivity index (χ3n) is 3.38. The average molecular weight is 250 g/mol. The summed E-state index contributed by atoms with van der Waals surface area (Å²) < 4.78 is 1.73. The molecule has 1 aromatic heterocycles. The number of hydrogen-bond donors (Lipinski definition) is 1. The molecular formula is C15H26N2O. The second kappa shape index (κ2) is 7.96. The van der Waals surface area contributed by atoms with Gasteiger partial charge < -0.3 is 10.3 Å². The Morgan fingerprint density at radius 2 is 1.72 bits per heavy atom. The Bertz CT molecular complexity index is 409. The number of hydrogen-bond acceptors (Lipinski definition) is 2. The summed E-state index contributed by atoms with van der Waals surface area (Å²) >= 11 is 0. The maximum Gasteiger partial charge on any atom is 0.250 e. The van der Waals surface area contributed by atoms with Gasteiger partial charge in [0.25, 0.3) is 5.56 Å². The third-order valence-corrected chi connectivity index (χ3v) is 3.38. The largest absolute Gasteiger partial charge is 0.397 e. The Morgan fingerprint density at radius 1 is 1.11 bits per heavy atom. The second-order valence-corrected chi connectivity index (χ2v) is 5.06. The quantitative estimate of drug-likeness (QED) is 0.718. The van der Waals surface area contributed by atoms with Gasteiger partial charge in [-0.3, -0.25) is 4.79 Å². The standard InChI is InChI=1S/C15H26N2O/c1-3-4-5-6-7-8-9-10-17-12-14(16)13(2)11-15(17)18/h11-12H,3-10,16H2,1-2H3. The number of rotatable bonds is 8. The van der Waals surface area contributed by atoms with Crippen LogP contribution in [-0.4, -0.2) is 4.57 Å². The zero-order chi connectivity index (χ0) is 13.4. The van der Waals surface area contributed by atoms with Crippen LogP contribution in [0.25, 0.3) is 0 Å². The van der Waals surface area contributed by atoms with Crippen molar-refractivity contribution in [3.8, 4) is 0 Å². The molecule has 1 heterocycles. The van der Waals surface area contributed by atoms with Crippen LogP contribution in [0.3, 0.4) is 0 Å². The van der Waals surface area contributed by atoms with Gasteiger partial charge in [-0.25, -0.2) is 0 Å². The molecule has 0 saturated carbocycles. The highest BCUT2D eigenvalue weighted by atomic mass is 16.1. The molecule has 1 rings (SSSR count). The van der Waals surface area contributed by atoms with E-state index in [9.17, 15) is 4.79 Å². The van der Waals surface area contributed by atoms with Crippen LogP contribution in [0.2, 0.25) is 0 Å². The smallest absolute Gasteiger partial charge is 0.250 e. The number of aromatic nitrogens is 1. The summed E-state index contributed by atoms with van der Waals surface area (Å²) in [5.74, 6) is 0. The molecule has 0 spiro atoms. The number of anilines is 1. The molecule has 2 N–H and O–H groups in total. The molecule has 0 fully saturated rings. The van der Waals surface area contributed by atoms with Crippen molar-refractivity contribution < 1.29 is 0 Å². The lowest BCUT2D eigenvalue weighted by atomic mass is 10.1. The van der Waals surface area contributed by atoms with Crippen molar-refractivity contribution in [1.29, 1.82) is 0 Å². The van der Waals surface area contributed by atoms with Crippen LogP contribution in [0, 0.1) is 6.92 Å². The van der Waals surface area contributed by atoms with E-state index in [2.05, 4.69) is 6.92 Å². The first-order valence-corrected chi connectivity index (χ1v) is 7.11. The fourth-order valence-electron chi connectivity index (χ4n) is 2.10. The highest BCUT2D eigenvalue weighted by molar-refractivity contribution is 5.42. The van der Waals surface area contributed by atoms with Gasteiger partial charge >= 0.3 is 0 Å². The summed E-state index contributed by atoms with van der Waals surface area (Å²) in [5, 5.41) is 0. The van der Waals surface area contributed by atoms with E-state index in [4.69, 9.17) is 5.73 Å². The van der Waals surface area contributed by atoms with Gasteiger partial charge in [-0.2, -0.15) is 0 Å². The minimum Gasteiger partial charge on any atom is -0.397 e. The molecular weight excluding hydrogens is 224 g/mol. The summed E-state index contributed by atoms with van der Waals surface area (Å²) in [7, 11) is 0. The Morgan fingerprint density at radius 3 is 2.39 bits per heavy atom. The van der Waals surface area contributed by atoms with Crippen molar-refractivity contribution in [1.82, 2.24) is 4.57 Å². The molecule has 0 amide bonds. The predicted molar refractivity (Wildman–Crippen MR) is 77.8 cm³/mol. The van der Waals surface area contributed by atoms with Crippen molar-refractivity contribution in [2.24, 2.45) is 0 Å². The Balaban J connectivity index is 2.27. The first-order valence-electron chi connectivity index (χ1n) is 7.11. The lowest BCUT2D eigenvalue weighted by molar-refractivity contribution is 0.543. The van der Waals surface area contributed by atoms with Crippen molar-refractivity contribution in [2.45, 2.75) is 65.3 Å². The zero-order valence-electron chi connectivity index (χ0n) is 11.7. The van der Waals surface area contributed by atoms with E-state index in [0.717, 1.165) is 18.5 Å². The molecule has 0 unspecified atom stereocenters. The number of nitrogens with two attached hydrogens (primary N) is 1. The summed E-state index contributed by atoms with van der Waals surface area (Å²) in [4.78, 5) is 11.7. The van der Waals surface area contributed by atoms with Gasteiger partial charge in [-0.15, -0.1) is 0 Å². The Kier molecular flexibility index (Phi) is 6.55. The van der Waals surface area contributed by atoms with Gasteiger partial charge in [0.1, 0.15) is 0 Å². The van der Waals surface area contributed by atoms with Crippen molar-refractivity contribution in [3.05, 3.63) is 28.2 Å². The predicted octanol–water partition coefficient (Wildman–Crippen LogP) is 3.49. The monoisotopic (exact) mass is 250 g/mol. The molecule has 0 aromatic carbocycles. The summed E-state index contributed by atoms with van der Waals surface area (Å²) in [6.07, 6.45) is 10.6. The van der Waals surface area contributed by atoms with Crippen molar-refractivity contribution >= 4 is 5.69 Å². The van der Waals surface area contributed by atoms with Crippen LogP contribution < -0.4 is 11.3 Å². The van der Waals surface area contributed by atoms with Crippen LogP contribution in [-0.2, 0) is 6.54 Å². The third kappa shape index (κ3) is 4.94. The van der Waals surface area contributed by atoms with Crippen LogP contribution >= 0.6 is 0 Å². The van der Waals surface area contributed by atoms with Gasteiger partial charge in [0.2, 0.25) is 0 Å². The zero-order valence-corrected chi connectivity index (χ0v) is 11.7. The van der Waals surface area contributed by atoms with Gasteiger partial charge in [-0.05, 0) is 18.9 Å². The molecule has 0 radical (unpaired) electrons. The van der Waals surface area contributed by atoms with E-state index in [0.29, 0.717) is 5.69 Å². The summed E-state index contributed by atoms with van der Waals surface area (Å²) in [6.45, 7) is 4.89. The van der Waals surface area contributed by atoms with E-state index >= 15 is 0 Å². The van der Waals surface area contributed by atoms with Crippen molar-refractivity contribution in [3.63, 3.8) is 0 Å². The number of aryl methyl sites for hydroxylation is 2.